The molecule has 5 nitrogen and oxygen atoms in total. The SMILES string of the molecule is CC(C)CN1CCOC(CNC(=O)CSc2nc(-c3ccc(F)cc3)cs2)C1. The Labute approximate surface area is 173 Å². The van der Waals surface area contributed by atoms with Crippen molar-refractivity contribution in [2.24, 2.45) is 5.92 Å². The van der Waals surface area contributed by atoms with Crippen LogP contribution < -0.4 is 5.32 Å². The summed E-state index contributed by atoms with van der Waals surface area (Å²) in [5, 5.41) is 4.89. The molecular formula is C20H26FN3O2S2. The van der Waals surface area contributed by atoms with E-state index < -0.39 is 0 Å². The van der Waals surface area contributed by atoms with Crippen LogP contribution in [0.3, 0.4) is 0 Å². The van der Waals surface area contributed by atoms with Crippen LogP contribution in [-0.4, -0.2) is 60.4 Å². The monoisotopic (exact) mass is 423 g/mol. The largest absolute Gasteiger partial charge is 0.374 e. The predicted molar refractivity (Wildman–Crippen MR) is 112 cm³/mol. The van der Waals surface area contributed by atoms with Crippen molar-refractivity contribution < 1.29 is 13.9 Å². The molecule has 1 aromatic carbocycles. The maximum Gasteiger partial charge on any atom is 0.230 e. The first-order chi connectivity index (χ1) is 13.5. The molecule has 1 amide bonds. The van der Waals surface area contributed by atoms with Crippen molar-refractivity contribution in [3.05, 3.63) is 35.5 Å². The van der Waals surface area contributed by atoms with Gasteiger partial charge < -0.3 is 10.1 Å². The van der Waals surface area contributed by atoms with Gasteiger partial charge in [0.25, 0.3) is 0 Å². The number of amides is 1. The molecular weight excluding hydrogens is 397 g/mol. The van der Waals surface area contributed by atoms with Crippen molar-refractivity contribution in [2.75, 3.05) is 38.5 Å². The zero-order valence-electron chi connectivity index (χ0n) is 16.2. The number of hydrogen-bond donors (Lipinski definition) is 1. The number of hydrogen-bond acceptors (Lipinski definition) is 6. The Hall–Kier alpha value is -1.48. The van der Waals surface area contributed by atoms with E-state index >= 15 is 0 Å². The Morgan fingerprint density at radius 2 is 2.21 bits per heavy atom. The highest BCUT2D eigenvalue weighted by atomic mass is 32.2. The van der Waals surface area contributed by atoms with Gasteiger partial charge in [0.1, 0.15) is 5.82 Å². The third-order valence-electron chi connectivity index (χ3n) is 4.32. The minimum Gasteiger partial charge on any atom is -0.374 e. The van der Waals surface area contributed by atoms with Gasteiger partial charge in [-0.2, -0.15) is 0 Å². The molecule has 0 aliphatic carbocycles. The van der Waals surface area contributed by atoms with E-state index in [-0.39, 0.29) is 17.8 Å². The smallest absolute Gasteiger partial charge is 0.230 e. The molecule has 0 spiro atoms. The Balaban J connectivity index is 1.40. The van der Waals surface area contributed by atoms with E-state index in [0.29, 0.717) is 24.8 Å². The number of nitrogens with one attached hydrogen (secondary N) is 1. The van der Waals surface area contributed by atoms with E-state index in [9.17, 15) is 9.18 Å². The van der Waals surface area contributed by atoms with Crippen LogP contribution in [-0.2, 0) is 9.53 Å². The summed E-state index contributed by atoms with van der Waals surface area (Å²) in [5.74, 6) is 0.661. The summed E-state index contributed by atoms with van der Waals surface area (Å²) in [7, 11) is 0. The number of thioether (sulfide) groups is 1. The van der Waals surface area contributed by atoms with Gasteiger partial charge >= 0.3 is 0 Å². The number of carbonyl (C=O) groups excluding carboxylic acids is 1. The molecule has 1 fully saturated rings. The molecule has 1 N–H and O–H groups in total. The summed E-state index contributed by atoms with van der Waals surface area (Å²) < 4.78 is 19.6. The Bertz CT molecular complexity index is 767. The second-order valence-electron chi connectivity index (χ2n) is 7.24. The lowest BCUT2D eigenvalue weighted by Gasteiger charge is -2.33. The van der Waals surface area contributed by atoms with Crippen molar-refractivity contribution in [3.63, 3.8) is 0 Å². The second kappa shape index (κ2) is 10.3. The summed E-state index contributed by atoms with van der Waals surface area (Å²) in [5.41, 5.74) is 1.67. The van der Waals surface area contributed by atoms with E-state index in [1.54, 1.807) is 12.1 Å². The molecule has 0 bridgehead atoms. The zero-order chi connectivity index (χ0) is 19.9. The van der Waals surface area contributed by atoms with Gasteiger partial charge in [-0.3, -0.25) is 9.69 Å². The van der Waals surface area contributed by atoms with Crippen molar-refractivity contribution in [2.45, 2.75) is 24.3 Å². The van der Waals surface area contributed by atoms with Crippen molar-refractivity contribution in [1.29, 1.82) is 0 Å². The Morgan fingerprint density at radius 3 is 2.96 bits per heavy atom. The van der Waals surface area contributed by atoms with E-state index in [4.69, 9.17) is 4.74 Å². The van der Waals surface area contributed by atoms with Crippen LogP contribution in [0.25, 0.3) is 11.3 Å². The molecule has 152 valence electrons. The van der Waals surface area contributed by atoms with Crippen molar-refractivity contribution in [3.8, 4) is 11.3 Å². The number of halogens is 1. The molecule has 2 heterocycles. The van der Waals surface area contributed by atoms with Gasteiger partial charge in [-0.25, -0.2) is 9.37 Å². The first kappa shape index (κ1) is 21.2. The van der Waals surface area contributed by atoms with Gasteiger partial charge in [-0.15, -0.1) is 11.3 Å². The van der Waals surface area contributed by atoms with Crippen LogP contribution in [0.15, 0.2) is 34.0 Å². The van der Waals surface area contributed by atoms with Crippen LogP contribution in [0.2, 0.25) is 0 Å². The average molecular weight is 424 g/mol. The number of benzene rings is 1. The van der Waals surface area contributed by atoms with E-state index in [0.717, 1.165) is 35.2 Å². The number of thiazole rings is 1. The summed E-state index contributed by atoms with van der Waals surface area (Å²) in [6.07, 6.45) is 0.0476. The maximum atomic E-state index is 13.0. The molecule has 1 atom stereocenters. The van der Waals surface area contributed by atoms with Crippen molar-refractivity contribution in [1.82, 2.24) is 15.2 Å². The summed E-state index contributed by atoms with van der Waals surface area (Å²) in [6, 6.07) is 6.26. The molecule has 1 aromatic heterocycles. The predicted octanol–water partition coefficient (Wildman–Crippen LogP) is 3.51. The lowest BCUT2D eigenvalue weighted by Crippen LogP contribution is -2.48. The molecule has 2 aromatic rings. The first-order valence-corrected chi connectivity index (χ1v) is 11.3. The molecule has 28 heavy (non-hydrogen) atoms. The number of nitrogens with zero attached hydrogens (tertiary/aromatic N) is 2. The van der Waals surface area contributed by atoms with Gasteiger partial charge in [-0.05, 0) is 30.2 Å². The number of carbonyl (C=O) groups is 1. The molecule has 3 rings (SSSR count). The molecule has 0 radical (unpaired) electrons. The standard InChI is InChI=1S/C20H26FN3O2S2/c1-14(2)10-24-7-8-26-17(11-24)9-22-19(25)13-28-20-23-18(12-27-20)15-3-5-16(21)6-4-15/h3-6,12,14,17H,7-11,13H2,1-2H3,(H,22,25). The third kappa shape index (κ3) is 6.55. The van der Waals surface area contributed by atoms with Crippen LogP contribution in [0.4, 0.5) is 4.39 Å². The van der Waals surface area contributed by atoms with Gasteiger partial charge in [0, 0.05) is 37.1 Å². The molecule has 1 aliphatic rings. The first-order valence-electron chi connectivity index (χ1n) is 9.44. The fourth-order valence-electron chi connectivity index (χ4n) is 3.07. The summed E-state index contributed by atoms with van der Waals surface area (Å²) >= 11 is 2.90. The third-order valence-corrected chi connectivity index (χ3v) is 6.34. The quantitative estimate of drug-likeness (QED) is 0.659. The van der Waals surface area contributed by atoms with Gasteiger partial charge in [0.2, 0.25) is 5.91 Å². The minimum absolute atomic E-state index is 0.0203. The minimum atomic E-state index is -0.264. The van der Waals surface area contributed by atoms with Crippen LogP contribution in [0.1, 0.15) is 13.8 Å². The normalized spacial score (nSPS) is 17.8. The van der Waals surface area contributed by atoms with Crippen molar-refractivity contribution >= 4 is 29.0 Å². The molecule has 1 aliphatic heterocycles. The number of morpholine rings is 1. The molecule has 1 saturated heterocycles. The highest BCUT2D eigenvalue weighted by molar-refractivity contribution is 8.01. The topological polar surface area (TPSA) is 54.5 Å². The molecule has 0 saturated carbocycles. The number of rotatable bonds is 8. The van der Waals surface area contributed by atoms with Crippen LogP contribution in [0, 0.1) is 11.7 Å². The van der Waals surface area contributed by atoms with Gasteiger partial charge in [0.05, 0.1) is 24.2 Å². The average Bonchev–Trinajstić information content (AvgIpc) is 3.14. The van der Waals surface area contributed by atoms with E-state index in [2.05, 4.69) is 29.0 Å². The van der Waals surface area contributed by atoms with Gasteiger partial charge in [-0.1, -0.05) is 25.6 Å². The fraction of sp³-hybridized carbons (Fsp3) is 0.500. The van der Waals surface area contributed by atoms with Crippen LogP contribution >= 0.6 is 23.1 Å². The zero-order valence-corrected chi connectivity index (χ0v) is 17.8. The van der Waals surface area contributed by atoms with E-state index in [1.165, 1.54) is 35.2 Å². The lowest BCUT2D eigenvalue weighted by molar-refractivity contribution is -0.119. The summed E-state index contributed by atoms with van der Waals surface area (Å²) in [4.78, 5) is 19.1. The fourth-order valence-corrected chi connectivity index (χ4v) is 4.73. The highest BCUT2D eigenvalue weighted by Gasteiger charge is 2.21. The second-order valence-corrected chi connectivity index (χ2v) is 9.33. The van der Waals surface area contributed by atoms with E-state index in [1.807, 2.05) is 5.38 Å². The molecule has 1 unspecified atom stereocenters. The maximum absolute atomic E-state index is 13.0. The Morgan fingerprint density at radius 1 is 1.43 bits per heavy atom. The summed E-state index contributed by atoms with van der Waals surface area (Å²) in [6.45, 7) is 8.55. The highest BCUT2D eigenvalue weighted by Crippen LogP contribution is 2.28. The molecule has 8 heteroatoms. The van der Waals surface area contributed by atoms with Crippen LogP contribution in [0.5, 0.6) is 0 Å². The number of ether oxygens (including phenoxy) is 1. The van der Waals surface area contributed by atoms with Gasteiger partial charge in [0.15, 0.2) is 4.34 Å². The number of aromatic nitrogens is 1. The Kier molecular flexibility index (Phi) is 7.84. The lowest BCUT2D eigenvalue weighted by atomic mass is 10.2.